The van der Waals surface area contributed by atoms with Gasteiger partial charge in [0.15, 0.2) is 5.67 Å². The highest BCUT2D eigenvalue weighted by Gasteiger charge is 2.42. The standard InChI is InChI=1S/C9H10FIO2/c1-9(10)6(8(12)13-2)4-3-5-7(9)11/h3-6H,1-2H3. The summed E-state index contributed by atoms with van der Waals surface area (Å²) in [5.41, 5.74) is -1.64. The van der Waals surface area contributed by atoms with Crippen LogP contribution in [-0.2, 0) is 9.53 Å². The summed E-state index contributed by atoms with van der Waals surface area (Å²) in [5.74, 6) is -1.36. The van der Waals surface area contributed by atoms with Gasteiger partial charge in [0.25, 0.3) is 0 Å². The molecular formula is C9H10FIO2. The molecule has 0 saturated carbocycles. The van der Waals surface area contributed by atoms with Gasteiger partial charge >= 0.3 is 5.97 Å². The van der Waals surface area contributed by atoms with Crippen LogP contribution >= 0.6 is 22.6 Å². The van der Waals surface area contributed by atoms with Crippen LogP contribution in [0.3, 0.4) is 0 Å². The van der Waals surface area contributed by atoms with Crippen molar-refractivity contribution in [3.8, 4) is 0 Å². The fourth-order valence-corrected chi connectivity index (χ4v) is 1.71. The van der Waals surface area contributed by atoms with E-state index in [0.29, 0.717) is 3.58 Å². The average Bonchev–Trinajstić information content (AvgIpc) is 2.08. The third kappa shape index (κ3) is 1.92. The average molecular weight is 296 g/mol. The topological polar surface area (TPSA) is 26.3 Å². The summed E-state index contributed by atoms with van der Waals surface area (Å²) >= 11 is 1.89. The van der Waals surface area contributed by atoms with Gasteiger partial charge in [-0.1, -0.05) is 12.2 Å². The zero-order chi connectivity index (χ0) is 10.1. The number of ether oxygens (including phenoxy) is 1. The fraction of sp³-hybridized carbons (Fsp3) is 0.444. The number of carbonyl (C=O) groups is 1. The van der Waals surface area contributed by atoms with Crippen molar-refractivity contribution in [1.29, 1.82) is 0 Å². The minimum atomic E-state index is -1.64. The first-order chi connectivity index (χ1) is 6.00. The van der Waals surface area contributed by atoms with Crippen molar-refractivity contribution in [3.05, 3.63) is 21.8 Å². The Morgan fingerprint density at radius 1 is 1.77 bits per heavy atom. The van der Waals surface area contributed by atoms with E-state index in [-0.39, 0.29) is 0 Å². The van der Waals surface area contributed by atoms with E-state index in [4.69, 9.17) is 0 Å². The van der Waals surface area contributed by atoms with Crippen LogP contribution in [0.15, 0.2) is 21.8 Å². The quantitative estimate of drug-likeness (QED) is 0.548. The van der Waals surface area contributed by atoms with Crippen LogP contribution in [0, 0.1) is 5.92 Å². The Bertz CT molecular complexity index is 281. The van der Waals surface area contributed by atoms with Crippen LogP contribution in [-0.4, -0.2) is 18.7 Å². The molecule has 2 nitrogen and oxygen atoms in total. The molecule has 0 saturated heterocycles. The SMILES string of the molecule is COC(=O)C1C=CC=C(I)C1(C)F. The number of esters is 1. The highest BCUT2D eigenvalue weighted by atomic mass is 127. The molecule has 0 aliphatic heterocycles. The second-order valence-corrected chi connectivity index (χ2v) is 4.14. The largest absolute Gasteiger partial charge is 0.468 e. The van der Waals surface area contributed by atoms with Crippen molar-refractivity contribution in [2.24, 2.45) is 5.92 Å². The van der Waals surface area contributed by atoms with Gasteiger partial charge in [-0.3, -0.25) is 4.79 Å². The van der Waals surface area contributed by atoms with Gasteiger partial charge in [-0.15, -0.1) is 0 Å². The number of hydrogen-bond acceptors (Lipinski definition) is 2. The molecule has 1 rings (SSSR count). The molecule has 2 atom stereocenters. The van der Waals surface area contributed by atoms with Crippen LogP contribution in [0.5, 0.6) is 0 Å². The first-order valence-corrected chi connectivity index (χ1v) is 4.89. The summed E-state index contributed by atoms with van der Waals surface area (Å²) in [6.07, 6.45) is 4.85. The smallest absolute Gasteiger partial charge is 0.316 e. The number of halogens is 2. The molecule has 1 aliphatic rings. The van der Waals surface area contributed by atoms with Crippen molar-refractivity contribution >= 4 is 28.6 Å². The van der Waals surface area contributed by atoms with Crippen LogP contribution in [0.25, 0.3) is 0 Å². The number of alkyl halides is 1. The molecule has 0 fully saturated rings. The normalized spacial score (nSPS) is 32.6. The molecule has 0 heterocycles. The van der Waals surface area contributed by atoms with Crippen molar-refractivity contribution < 1.29 is 13.9 Å². The molecule has 13 heavy (non-hydrogen) atoms. The van der Waals surface area contributed by atoms with Gasteiger partial charge in [-0.2, -0.15) is 0 Å². The van der Waals surface area contributed by atoms with E-state index in [1.165, 1.54) is 20.1 Å². The summed E-state index contributed by atoms with van der Waals surface area (Å²) in [6, 6.07) is 0. The minimum Gasteiger partial charge on any atom is -0.468 e. The lowest BCUT2D eigenvalue weighted by atomic mass is 9.87. The molecule has 0 amide bonds. The van der Waals surface area contributed by atoms with Gasteiger partial charge in [0.2, 0.25) is 0 Å². The first-order valence-electron chi connectivity index (χ1n) is 3.81. The summed E-state index contributed by atoms with van der Waals surface area (Å²) in [4.78, 5) is 11.2. The lowest BCUT2D eigenvalue weighted by Gasteiger charge is -2.28. The molecule has 0 aromatic heterocycles. The van der Waals surface area contributed by atoms with E-state index < -0.39 is 17.6 Å². The fourth-order valence-electron chi connectivity index (χ4n) is 1.17. The maximum Gasteiger partial charge on any atom is 0.316 e. The van der Waals surface area contributed by atoms with Gasteiger partial charge in [0.1, 0.15) is 5.92 Å². The summed E-state index contributed by atoms with van der Waals surface area (Å²) in [5, 5.41) is 0. The zero-order valence-corrected chi connectivity index (χ0v) is 9.54. The Morgan fingerprint density at radius 3 is 2.92 bits per heavy atom. The third-order valence-electron chi connectivity index (χ3n) is 2.05. The van der Waals surface area contributed by atoms with Crippen molar-refractivity contribution in [2.45, 2.75) is 12.6 Å². The number of carbonyl (C=O) groups excluding carboxylic acids is 1. The molecular weight excluding hydrogens is 286 g/mol. The Hall–Kier alpha value is -0.390. The molecule has 0 radical (unpaired) electrons. The molecule has 0 spiro atoms. The second kappa shape index (κ2) is 3.77. The molecule has 72 valence electrons. The van der Waals surface area contributed by atoms with E-state index >= 15 is 0 Å². The highest BCUT2D eigenvalue weighted by Crippen LogP contribution is 2.38. The molecule has 1 aliphatic carbocycles. The van der Waals surface area contributed by atoms with Gasteiger partial charge < -0.3 is 4.74 Å². The molecule has 2 unspecified atom stereocenters. The van der Waals surface area contributed by atoms with E-state index in [1.54, 1.807) is 12.2 Å². The molecule has 0 aromatic rings. The Balaban J connectivity index is 2.96. The van der Waals surface area contributed by atoms with E-state index in [0.717, 1.165) is 0 Å². The number of hydrogen-bond donors (Lipinski definition) is 0. The van der Waals surface area contributed by atoms with Crippen LogP contribution < -0.4 is 0 Å². The van der Waals surface area contributed by atoms with Gasteiger partial charge in [-0.25, -0.2) is 4.39 Å². The van der Waals surface area contributed by atoms with E-state index in [1.807, 2.05) is 22.6 Å². The van der Waals surface area contributed by atoms with Gasteiger partial charge in [-0.05, 0) is 35.6 Å². The lowest BCUT2D eigenvalue weighted by Crippen LogP contribution is -2.36. The lowest BCUT2D eigenvalue weighted by molar-refractivity contribution is -0.147. The van der Waals surface area contributed by atoms with Crippen molar-refractivity contribution in [1.82, 2.24) is 0 Å². The Labute approximate surface area is 90.0 Å². The molecule has 0 bridgehead atoms. The summed E-state index contributed by atoms with van der Waals surface area (Å²) < 4.78 is 19.0. The van der Waals surface area contributed by atoms with Crippen LogP contribution in [0.1, 0.15) is 6.92 Å². The number of allylic oxidation sites excluding steroid dienone is 3. The molecule has 0 N–H and O–H groups in total. The maximum absolute atomic E-state index is 13.9. The van der Waals surface area contributed by atoms with Crippen LogP contribution in [0.2, 0.25) is 0 Å². The minimum absolute atomic E-state index is 0.517. The molecule has 4 heteroatoms. The van der Waals surface area contributed by atoms with Gasteiger partial charge in [0, 0.05) is 3.58 Å². The monoisotopic (exact) mass is 296 g/mol. The summed E-state index contributed by atoms with van der Waals surface area (Å²) in [7, 11) is 1.26. The third-order valence-corrected chi connectivity index (χ3v) is 3.47. The summed E-state index contributed by atoms with van der Waals surface area (Å²) in [6.45, 7) is 1.39. The first kappa shape index (κ1) is 10.7. The zero-order valence-electron chi connectivity index (χ0n) is 7.38. The highest BCUT2D eigenvalue weighted by molar-refractivity contribution is 14.1. The van der Waals surface area contributed by atoms with Crippen molar-refractivity contribution in [3.63, 3.8) is 0 Å². The van der Waals surface area contributed by atoms with E-state index in [9.17, 15) is 9.18 Å². The van der Waals surface area contributed by atoms with Crippen LogP contribution in [0.4, 0.5) is 4.39 Å². The predicted octanol–water partition coefficient (Wildman–Crippen LogP) is 2.39. The van der Waals surface area contributed by atoms with E-state index in [2.05, 4.69) is 4.74 Å². The molecule has 0 aromatic carbocycles. The number of rotatable bonds is 1. The Kier molecular flexibility index (Phi) is 3.10. The number of methoxy groups -OCH3 is 1. The van der Waals surface area contributed by atoms with Crippen molar-refractivity contribution in [2.75, 3.05) is 7.11 Å². The Morgan fingerprint density at radius 2 is 2.38 bits per heavy atom. The van der Waals surface area contributed by atoms with Gasteiger partial charge in [0.05, 0.1) is 7.11 Å². The predicted molar refractivity (Wildman–Crippen MR) is 56.3 cm³/mol. The second-order valence-electron chi connectivity index (χ2n) is 2.98. The maximum atomic E-state index is 13.9.